The highest BCUT2D eigenvalue weighted by molar-refractivity contribution is 6.26. The van der Waals surface area contributed by atoms with Crippen LogP contribution in [0.2, 0.25) is 0 Å². The highest BCUT2D eigenvalue weighted by Crippen LogP contribution is 2.34. The second-order valence-corrected chi connectivity index (χ2v) is 9.07. The lowest BCUT2D eigenvalue weighted by Crippen LogP contribution is -2.35. The Morgan fingerprint density at radius 2 is 1.56 bits per heavy atom. The number of hydrogen-bond donors (Lipinski definition) is 0. The van der Waals surface area contributed by atoms with E-state index in [1.54, 1.807) is 18.2 Å². The molecule has 0 saturated heterocycles. The van der Waals surface area contributed by atoms with E-state index in [2.05, 4.69) is 0 Å². The summed E-state index contributed by atoms with van der Waals surface area (Å²) in [7, 11) is 0. The Labute approximate surface area is 217 Å². The van der Waals surface area contributed by atoms with Crippen LogP contribution in [-0.4, -0.2) is 28.1 Å². The van der Waals surface area contributed by atoms with Crippen molar-refractivity contribution < 1.29 is 41.7 Å². The molecule has 39 heavy (non-hydrogen) atoms. The summed E-state index contributed by atoms with van der Waals surface area (Å²) in [6.45, 7) is 0. The summed E-state index contributed by atoms with van der Waals surface area (Å²) in [5.41, 5.74) is -2.37. The zero-order valence-electron chi connectivity index (χ0n) is 20.2. The molecule has 2 aromatic carbocycles. The molecule has 0 aliphatic heterocycles. The fourth-order valence-electron chi connectivity index (χ4n) is 4.60. The summed E-state index contributed by atoms with van der Waals surface area (Å²) in [6.07, 6.45) is -2.66. The minimum Gasteiger partial charge on any atom is -0.460 e. The number of nitro groups is 1. The van der Waals surface area contributed by atoms with Crippen molar-refractivity contribution in [1.29, 1.82) is 0 Å². The maximum atomic E-state index is 12.6. The summed E-state index contributed by atoms with van der Waals surface area (Å²) >= 11 is 0. The number of nitro benzene ring substituents is 1. The second kappa shape index (κ2) is 10.7. The Morgan fingerprint density at radius 1 is 0.923 bits per heavy atom. The molecule has 202 valence electrons. The van der Waals surface area contributed by atoms with Crippen LogP contribution in [0.3, 0.4) is 0 Å². The van der Waals surface area contributed by atoms with Crippen molar-refractivity contribution in [3.05, 3.63) is 85.3 Å². The van der Waals surface area contributed by atoms with Crippen LogP contribution in [0.25, 0.3) is 11.0 Å². The van der Waals surface area contributed by atoms with Crippen LogP contribution in [0, 0.1) is 16.0 Å². The van der Waals surface area contributed by atoms with Crippen molar-refractivity contribution in [2.45, 2.75) is 44.7 Å². The van der Waals surface area contributed by atoms with Gasteiger partial charge in [0, 0.05) is 31.7 Å². The molecular formula is C27H20F3NO8. The van der Waals surface area contributed by atoms with Crippen LogP contribution in [-0.2, 0) is 22.2 Å². The molecule has 0 N–H and O–H groups in total. The van der Waals surface area contributed by atoms with Gasteiger partial charge < -0.3 is 4.42 Å². The van der Waals surface area contributed by atoms with Gasteiger partial charge in [-0.2, -0.15) is 13.2 Å². The molecule has 0 spiro atoms. The monoisotopic (exact) mass is 543 g/mol. The molecular weight excluding hydrogens is 523 g/mol. The fraction of sp³-hybridized carbons (Fsp3) is 0.296. The molecule has 1 heterocycles. The molecule has 2 aliphatic rings. The lowest BCUT2D eigenvalue weighted by Gasteiger charge is -2.18. The van der Waals surface area contributed by atoms with Gasteiger partial charge in [-0.05, 0) is 37.1 Å². The molecule has 9 nitrogen and oxygen atoms in total. The molecule has 0 atom stereocenters. The number of alkyl halides is 3. The van der Waals surface area contributed by atoms with E-state index < -0.39 is 51.2 Å². The van der Waals surface area contributed by atoms with Gasteiger partial charge >= 0.3 is 6.18 Å². The summed E-state index contributed by atoms with van der Waals surface area (Å²) in [5.74, 6) is -3.65. The summed E-state index contributed by atoms with van der Waals surface area (Å²) in [4.78, 5) is 69.4. The van der Waals surface area contributed by atoms with Gasteiger partial charge in [0.1, 0.15) is 22.8 Å². The lowest BCUT2D eigenvalue weighted by atomic mass is 9.81. The number of Topliss-reactive ketones (excluding diaryl/α,β-unsaturated/α-hetero) is 4. The number of carbonyl (C=O) groups excluding carboxylic acids is 4. The quantitative estimate of drug-likeness (QED) is 0.193. The zero-order chi connectivity index (χ0) is 28.5. The first kappa shape index (κ1) is 27.6. The molecule has 0 unspecified atom stereocenters. The van der Waals surface area contributed by atoms with Gasteiger partial charge in [0.25, 0.3) is 5.69 Å². The first-order valence-electron chi connectivity index (χ1n) is 11.9. The van der Waals surface area contributed by atoms with Crippen LogP contribution < -0.4 is 5.43 Å². The third kappa shape index (κ3) is 5.54. The van der Waals surface area contributed by atoms with Crippen LogP contribution in [0.5, 0.6) is 0 Å². The molecule has 2 aliphatic carbocycles. The molecule has 12 heteroatoms. The number of ketones is 4. The summed E-state index contributed by atoms with van der Waals surface area (Å²) < 4.78 is 43.5. The van der Waals surface area contributed by atoms with Crippen molar-refractivity contribution >= 4 is 39.8 Å². The van der Waals surface area contributed by atoms with Crippen molar-refractivity contribution in [2.75, 3.05) is 0 Å². The molecule has 1 aromatic heterocycles. The van der Waals surface area contributed by atoms with E-state index in [1.165, 1.54) is 0 Å². The molecule has 1 fully saturated rings. The number of nitrogens with zero attached hydrogens (tertiary/aromatic N) is 1. The normalized spacial score (nSPS) is 15.9. The fourth-order valence-corrected chi connectivity index (χ4v) is 4.60. The smallest absolute Gasteiger partial charge is 0.416 e. The van der Waals surface area contributed by atoms with Gasteiger partial charge in [0.15, 0.2) is 23.1 Å². The molecule has 5 rings (SSSR count). The predicted molar refractivity (Wildman–Crippen MR) is 130 cm³/mol. The van der Waals surface area contributed by atoms with Gasteiger partial charge in [0.05, 0.1) is 21.4 Å². The molecule has 1 saturated carbocycles. The number of rotatable bonds is 3. The molecule has 3 aromatic rings. The minimum atomic E-state index is -4.82. The van der Waals surface area contributed by atoms with Gasteiger partial charge in [-0.3, -0.25) is 34.1 Å². The number of fused-ring (bicyclic) bond motifs is 2. The van der Waals surface area contributed by atoms with Gasteiger partial charge in [-0.25, -0.2) is 0 Å². The summed E-state index contributed by atoms with van der Waals surface area (Å²) in [5, 5.41) is 11.5. The molecule has 0 bridgehead atoms. The van der Waals surface area contributed by atoms with E-state index in [1.807, 2.05) is 6.07 Å². The second-order valence-electron chi connectivity index (χ2n) is 9.07. The Bertz CT molecular complexity index is 1570. The standard InChI is InChI=1S/C14H10F3NO5.C13H10O3/c15-14(16,17)7-4-5-8(9(6-7)18(22)23)13(21)12-10(19)2-1-3-11(12)20;14-9-5-3-7-11-12(9)13(15)8-4-1-2-6-10(8)16-11/h4-6,12H,1-3H2;1-2,4,6H,3,5,7H2. The average molecular weight is 543 g/mol. The minimum absolute atomic E-state index is 0.0173. The van der Waals surface area contributed by atoms with Crippen LogP contribution >= 0.6 is 0 Å². The topological polar surface area (TPSA) is 142 Å². The highest BCUT2D eigenvalue weighted by atomic mass is 19.4. The van der Waals surface area contributed by atoms with Gasteiger partial charge in [-0.15, -0.1) is 0 Å². The van der Waals surface area contributed by atoms with E-state index in [0.29, 0.717) is 41.7 Å². The maximum absolute atomic E-state index is 12.6. The third-order valence-electron chi connectivity index (χ3n) is 6.50. The number of aryl methyl sites for hydroxylation is 1. The number of carbonyl (C=O) groups is 4. The van der Waals surface area contributed by atoms with E-state index in [-0.39, 0.29) is 42.1 Å². The Balaban J connectivity index is 0.000000192. The number of para-hydroxylation sites is 1. The van der Waals surface area contributed by atoms with E-state index in [4.69, 9.17) is 4.42 Å². The Hall–Kier alpha value is -4.48. The van der Waals surface area contributed by atoms with Gasteiger partial charge in [0.2, 0.25) is 5.43 Å². The molecule has 0 amide bonds. The predicted octanol–water partition coefficient (Wildman–Crippen LogP) is 5.05. The van der Waals surface area contributed by atoms with Crippen LogP contribution in [0.1, 0.15) is 64.1 Å². The largest absolute Gasteiger partial charge is 0.460 e. The van der Waals surface area contributed by atoms with Crippen molar-refractivity contribution in [1.82, 2.24) is 0 Å². The van der Waals surface area contributed by atoms with Crippen LogP contribution in [0.4, 0.5) is 18.9 Å². The highest BCUT2D eigenvalue weighted by Gasteiger charge is 2.40. The van der Waals surface area contributed by atoms with Crippen molar-refractivity contribution in [3.8, 4) is 0 Å². The zero-order valence-corrected chi connectivity index (χ0v) is 20.2. The van der Waals surface area contributed by atoms with E-state index in [9.17, 15) is 47.3 Å². The van der Waals surface area contributed by atoms with Crippen molar-refractivity contribution in [2.24, 2.45) is 5.92 Å². The Kier molecular flexibility index (Phi) is 7.57. The Morgan fingerprint density at radius 3 is 2.21 bits per heavy atom. The maximum Gasteiger partial charge on any atom is 0.416 e. The SMILES string of the molecule is O=C1CCCC(=O)C1C(=O)c1ccc(C(F)(F)F)cc1[N+](=O)[O-].O=C1CCCc2oc3ccccc3c(=O)c21. The van der Waals surface area contributed by atoms with Crippen molar-refractivity contribution in [3.63, 3.8) is 0 Å². The number of hydrogen-bond acceptors (Lipinski definition) is 8. The summed E-state index contributed by atoms with van der Waals surface area (Å²) in [6, 6.07) is 8.43. The molecule has 0 radical (unpaired) electrons. The number of benzene rings is 2. The van der Waals surface area contributed by atoms with E-state index in [0.717, 1.165) is 6.42 Å². The average Bonchev–Trinajstić information content (AvgIpc) is 2.88. The lowest BCUT2D eigenvalue weighted by molar-refractivity contribution is -0.385. The van der Waals surface area contributed by atoms with Gasteiger partial charge in [-0.1, -0.05) is 12.1 Å². The first-order chi connectivity index (χ1) is 18.4. The van der Waals surface area contributed by atoms with Crippen LogP contribution in [0.15, 0.2) is 51.7 Å². The third-order valence-corrected chi connectivity index (χ3v) is 6.50. The first-order valence-corrected chi connectivity index (χ1v) is 11.9. The van der Waals surface area contributed by atoms with E-state index >= 15 is 0 Å². The number of halogens is 3.